The summed E-state index contributed by atoms with van der Waals surface area (Å²) in [4.78, 5) is 0. The fourth-order valence-corrected chi connectivity index (χ4v) is 1.43. The van der Waals surface area contributed by atoms with E-state index in [1.54, 1.807) is 0 Å². The number of hydrogen-bond acceptors (Lipinski definition) is 1. The zero-order valence-corrected chi connectivity index (χ0v) is 9.41. The van der Waals surface area contributed by atoms with Crippen molar-refractivity contribution in [3.8, 4) is 0 Å². The van der Waals surface area contributed by atoms with Crippen molar-refractivity contribution in [3.05, 3.63) is 34.3 Å². The molecule has 0 aliphatic heterocycles. The van der Waals surface area contributed by atoms with Gasteiger partial charge in [0.2, 0.25) is 0 Å². The Morgan fingerprint density at radius 3 is 2.18 bits per heavy atom. The minimum absolute atomic E-state index is 0.316. The molecule has 1 nitrogen and oxygen atoms in total. The van der Waals surface area contributed by atoms with Gasteiger partial charge >= 0.3 is 6.18 Å². The molecule has 7 heteroatoms. The summed E-state index contributed by atoms with van der Waals surface area (Å²) in [5.41, 5.74) is 1.65. The van der Waals surface area contributed by atoms with Crippen molar-refractivity contribution < 1.29 is 22.0 Å². The molecule has 0 bridgehead atoms. The lowest BCUT2D eigenvalue weighted by Gasteiger charge is -2.25. The van der Waals surface area contributed by atoms with Gasteiger partial charge in [-0.2, -0.15) is 13.2 Å². The van der Waals surface area contributed by atoms with Crippen LogP contribution in [0.2, 0.25) is 5.02 Å². The van der Waals surface area contributed by atoms with Crippen LogP contribution in [0.15, 0.2) is 18.2 Å². The third-order valence-corrected chi connectivity index (χ3v) is 2.68. The lowest BCUT2D eigenvalue weighted by molar-refractivity contribution is -0.137. The average Bonchev–Trinajstić information content (AvgIpc) is 2.15. The third kappa shape index (κ3) is 2.87. The highest BCUT2D eigenvalue weighted by atomic mass is 35.5. The fraction of sp³-hybridized carbons (Fsp3) is 0.400. The van der Waals surface area contributed by atoms with Crippen LogP contribution in [0.5, 0.6) is 0 Å². The van der Waals surface area contributed by atoms with Crippen LogP contribution in [-0.4, -0.2) is 6.43 Å². The van der Waals surface area contributed by atoms with E-state index in [2.05, 4.69) is 0 Å². The van der Waals surface area contributed by atoms with Crippen LogP contribution in [0.25, 0.3) is 0 Å². The highest BCUT2D eigenvalue weighted by Crippen LogP contribution is 2.37. The Morgan fingerprint density at radius 2 is 1.76 bits per heavy atom. The first kappa shape index (κ1) is 14.2. The molecule has 0 radical (unpaired) electrons. The quantitative estimate of drug-likeness (QED) is 0.815. The van der Waals surface area contributed by atoms with E-state index in [0.29, 0.717) is 6.07 Å². The Labute approximate surface area is 99.4 Å². The van der Waals surface area contributed by atoms with Crippen molar-refractivity contribution in [1.29, 1.82) is 0 Å². The summed E-state index contributed by atoms with van der Waals surface area (Å²) in [5.74, 6) is 0. The van der Waals surface area contributed by atoms with E-state index >= 15 is 0 Å². The summed E-state index contributed by atoms with van der Waals surface area (Å²) in [7, 11) is 0. The fourth-order valence-electron chi connectivity index (χ4n) is 1.20. The van der Waals surface area contributed by atoms with Gasteiger partial charge in [0, 0.05) is 0 Å². The smallest absolute Gasteiger partial charge is 0.317 e. The van der Waals surface area contributed by atoms with Crippen molar-refractivity contribution in [2.75, 3.05) is 0 Å². The molecule has 0 aromatic heterocycles. The predicted octanol–water partition coefficient (Wildman–Crippen LogP) is 3.80. The Morgan fingerprint density at radius 1 is 1.24 bits per heavy atom. The predicted molar refractivity (Wildman–Crippen MR) is 54.0 cm³/mol. The van der Waals surface area contributed by atoms with E-state index in [9.17, 15) is 22.0 Å². The second kappa shape index (κ2) is 4.42. The first-order valence-corrected chi connectivity index (χ1v) is 4.89. The first-order chi connectivity index (χ1) is 7.56. The van der Waals surface area contributed by atoms with Gasteiger partial charge in [0.1, 0.15) is 0 Å². The van der Waals surface area contributed by atoms with Gasteiger partial charge in [0.05, 0.1) is 16.1 Å². The highest BCUT2D eigenvalue weighted by Gasteiger charge is 2.37. The summed E-state index contributed by atoms with van der Waals surface area (Å²) in [6.07, 6.45) is -7.68. The van der Waals surface area contributed by atoms with Gasteiger partial charge in [-0.3, -0.25) is 0 Å². The first-order valence-electron chi connectivity index (χ1n) is 4.51. The van der Waals surface area contributed by atoms with Gasteiger partial charge in [0.25, 0.3) is 6.43 Å². The van der Waals surface area contributed by atoms with E-state index in [0.717, 1.165) is 19.1 Å². The topological polar surface area (TPSA) is 26.0 Å². The van der Waals surface area contributed by atoms with Crippen molar-refractivity contribution in [2.24, 2.45) is 5.73 Å². The summed E-state index contributed by atoms with van der Waals surface area (Å²) in [6, 6.07) is 2.52. The minimum Gasteiger partial charge on any atom is -0.317 e. The molecule has 0 aliphatic carbocycles. The molecule has 17 heavy (non-hydrogen) atoms. The van der Waals surface area contributed by atoms with E-state index in [-0.39, 0.29) is 5.56 Å². The van der Waals surface area contributed by atoms with Gasteiger partial charge in [-0.15, -0.1) is 0 Å². The lowest BCUT2D eigenvalue weighted by atomic mass is 9.92. The largest absolute Gasteiger partial charge is 0.417 e. The molecule has 0 spiro atoms. The van der Waals surface area contributed by atoms with Crippen LogP contribution in [0.1, 0.15) is 18.1 Å². The highest BCUT2D eigenvalue weighted by molar-refractivity contribution is 6.31. The number of benzene rings is 1. The Kier molecular flexibility index (Phi) is 3.69. The van der Waals surface area contributed by atoms with Crippen LogP contribution in [0, 0.1) is 0 Å². The number of halogens is 6. The summed E-state index contributed by atoms with van der Waals surface area (Å²) in [6.45, 7) is 0.959. The maximum Gasteiger partial charge on any atom is 0.417 e. The van der Waals surface area contributed by atoms with Crippen molar-refractivity contribution >= 4 is 11.6 Å². The second-order valence-corrected chi connectivity index (χ2v) is 4.18. The van der Waals surface area contributed by atoms with Crippen LogP contribution in [0.3, 0.4) is 0 Å². The van der Waals surface area contributed by atoms with Crippen molar-refractivity contribution in [2.45, 2.75) is 25.1 Å². The molecule has 1 unspecified atom stereocenters. The maximum absolute atomic E-state index is 12.6. The summed E-state index contributed by atoms with van der Waals surface area (Å²) in [5, 5.41) is -0.550. The Hall–Kier alpha value is -0.880. The Bertz CT molecular complexity index is 414. The summed E-state index contributed by atoms with van der Waals surface area (Å²) < 4.78 is 62.7. The maximum atomic E-state index is 12.6. The number of nitrogens with two attached hydrogens (primary N) is 1. The summed E-state index contributed by atoms with van der Waals surface area (Å²) >= 11 is 5.36. The molecule has 0 aliphatic rings. The molecule has 1 aromatic rings. The molecular formula is C10H9ClF5N. The normalized spacial score (nSPS) is 16.1. The van der Waals surface area contributed by atoms with Crippen LogP contribution in [0.4, 0.5) is 22.0 Å². The number of alkyl halides is 5. The number of rotatable bonds is 2. The van der Waals surface area contributed by atoms with Crippen LogP contribution in [-0.2, 0) is 11.7 Å². The molecule has 2 N–H and O–H groups in total. The van der Waals surface area contributed by atoms with Crippen LogP contribution < -0.4 is 5.73 Å². The SMILES string of the molecule is CC(N)(c1ccc(Cl)c(C(F)(F)F)c1)C(F)F. The van der Waals surface area contributed by atoms with Gasteiger partial charge in [-0.05, 0) is 24.6 Å². The Balaban J connectivity index is 3.32. The zero-order chi connectivity index (χ0) is 13.4. The molecule has 1 atom stereocenters. The van der Waals surface area contributed by atoms with Crippen LogP contribution >= 0.6 is 11.6 Å². The number of hydrogen-bond donors (Lipinski definition) is 1. The van der Waals surface area contributed by atoms with E-state index < -0.39 is 28.7 Å². The van der Waals surface area contributed by atoms with Gasteiger partial charge in [0.15, 0.2) is 0 Å². The third-order valence-electron chi connectivity index (χ3n) is 2.35. The van der Waals surface area contributed by atoms with E-state index in [1.165, 1.54) is 0 Å². The minimum atomic E-state index is -4.70. The molecule has 1 aromatic carbocycles. The molecular weight excluding hydrogens is 265 g/mol. The zero-order valence-electron chi connectivity index (χ0n) is 8.65. The van der Waals surface area contributed by atoms with Gasteiger partial charge in [-0.1, -0.05) is 17.7 Å². The molecule has 96 valence electrons. The van der Waals surface area contributed by atoms with E-state index in [4.69, 9.17) is 17.3 Å². The molecule has 0 fully saturated rings. The standard InChI is InChI=1S/C10H9ClF5N/c1-9(17,8(12)13)5-2-3-7(11)6(4-5)10(14,15)16/h2-4,8H,17H2,1H3. The molecule has 0 heterocycles. The molecule has 0 amide bonds. The lowest BCUT2D eigenvalue weighted by Crippen LogP contribution is -2.40. The molecule has 0 saturated carbocycles. The molecule has 0 saturated heterocycles. The van der Waals surface area contributed by atoms with Crippen molar-refractivity contribution in [1.82, 2.24) is 0 Å². The van der Waals surface area contributed by atoms with Gasteiger partial charge < -0.3 is 5.73 Å². The second-order valence-electron chi connectivity index (χ2n) is 3.78. The monoisotopic (exact) mass is 273 g/mol. The molecule has 1 rings (SSSR count). The van der Waals surface area contributed by atoms with Gasteiger partial charge in [-0.25, -0.2) is 8.78 Å². The average molecular weight is 274 g/mol. The van der Waals surface area contributed by atoms with Crippen molar-refractivity contribution in [3.63, 3.8) is 0 Å². The van der Waals surface area contributed by atoms with E-state index in [1.807, 2.05) is 0 Å².